The van der Waals surface area contributed by atoms with Gasteiger partial charge in [0.2, 0.25) is 11.9 Å². The Morgan fingerprint density at radius 2 is 0.977 bits per heavy atom. The van der Waals surface area contributed by atoms with Gasteiger partial charge in [-0.1, -0.05) is 72.8 Å². The summed E-state index contributed by atoms with van der Waals surface area (Å²) in [5.41, 5.74) is -0.901. The molecule has 5 rings (SSSR count). The molecule has 9 heteroatoms. The van der Waals surface area contributed by atoms with Crippen LogP contribution in [0.2, 0.25) is 0 Å². The van der Waals surface area contributed by atoms with Crippen LogP contribution < -0.4 is 0 Å². The first-order valence-electron chi connectivity index (χ1n) is 13.5. The standard InChI is InChI=1S/C34H28O9/c1-34(43-32(38)26-20-12-5-13-21-26)28(41-30(36)24-16-8-3-9-17-24)27(22-39-29(35)23-14-6-2-7-15-23)40-33(34)42-31(37)25-18-10-4-11-19-25/h2-21,27-28,33H,22H2,1H3/t27?,28-,33?,34-/m0/s1. The maximum absolute atomic E-state index is 13.3. The molecule has 1 aliphatic rings. The molecule has 43 heavy (non-hydrogen) atoms. The lowest BCUT2D eigenvalue weighted by molar-refractivity contribution is -0.175. The van der Waals surface area contributed by atoms with E-state index in [9.17, 15) is 19.2 Å². The number of benzene rings is 4. The van der Waals surface area contributed by atoms with E-state index in [0.717, 1.165) is 0 Å². The summed E-state index contributed by atoms with van der Waals surface area (Å²) in [6.45, 7) is 1.04. The molecule has 0 aromatic heterocycles. The van der Waals surface area contributed by atoms with Crippen LogP contribution in [0.5, 0.6) is 0 Å². The third-order valence-electron chi connectivity index (χ3n) is 6.85. The van der Waals surface area contributed by atoms with Crippen molar-refractivity contribution in [2.45, 2.75) is 31.0 Å². The fourth-order valence-corrected chi connectivity index (χ4v) is 4.58. The summed E-state index contributed by atoms with van der Waals surface area (Å²) in [7, 11) is 0. The second-order valence-electron chi connectivity index (χ2n) is 9.87. The van der Waals surface area contributed by atoms with Gasteiger partial charge in [-0.15, -0.1) is 0 Å². The predicted molar refractivity (Wildman–Crippen MR) is 153 cm³/mol. The van der Waals surface area contributed by atoms with Crippen molar-refractivity contribution in [3.05, 3.63) is 144 Å². The topological polar surface area (TPSA) is 114 Å². The van der Waals surface area contributed by atoms with Gasteiger partial charge in [0, 0.05) is 0 Å². The van der Waals surface area contributed by atoms with Crippen LogP contribution in [0.25, 0.3) is 0 Å². The van der Waals surface area contributed by atoms with Crippen LogP contribution in [0, 0.1) is 0 Å². The number of carbonyl (C=O) groups excluding carboxylic acids is 4. The zero-order valence-corrected chi connectivity index (χ0v) is 23.2. The molecular weight excluding hydrogens is 552 g/mol. The first kappa shape index (κ1) is 29.2. The van der Waals surface area contributed by atoms with Crippen molar-refractivity contribution < 1.29 is 42.9 Å². The van der Waals surface area contributed by atoms with E-state index < -0.39 is 54.6 Å². The molecular formula is C34H28O9. The van der Waals surface area contributed by atoms with Crippen molar-refractivity contribution in [2.75, 3.05) is 6.61 Å². The fraction of sp³-hybridized carbons (Fsp3) is 0.176. The summed E-state index contributed by atoms with van der Waals surface area (Å²) >= 11 is 0. The Balaban J connectivity index is 1.48. The normalized spacial score (nSPS) is 20.9. The lowest BCUT2D eigenvalue weighted by Gasteiger charge is -2.33. The summed E-state index contributed by atoms with van der Waals surface area (Å²) in [4.78, 5) is 52.5. The summed E-state index contributed by atoms with van der Waals surface area (Å²) in [6, 6.07) is 32.8. The highest BCUT2D eigenvalue weighted by atomic mass is 16.8. The largest absolute Gasteiger partial charge is 0.459 e. The maximum Gasteiger partial charge on any atom is 0.340 e. The quantitative estimate of drug-likeness (QED) is 0.193. The van der Waals surface area contributed by atoms with Crippen LogP contribution in [-0.2, 0) is 23.7 Å². The predicted octanol–water partition coefficient (Wildman–Crippen LogP) is 5.27. The Morgan fingerprint density at radius 1 is 0.581 bits per heavy atom. The van der Waals surface area contributed by atoms with Gasteiger partial charge in [-0.25, -0.2) is 19.2 Å². The molecule has 9 nitrogen and oxygen atoms in total. The molecule has 1 fully saturated rings. The van der Waals surface area contributed by atoms with E-state index in [4.69, 9.17) is 23.7 Å². The molecule has 0 spiro atoms. The Morgan fingerprint density at radius 3 is 1.44 bits per heavy atom. The van der Waals surface area contributed by atoms with Crippen molar-refractivity contribution in [3.63, 3.8) is 0 Å². The number of rotatable bonds is 9. The van der Waals surface area contributed by atoms with Crippen LogP contribution >= 0.6 is 0 Å². The molecule has 4 aromatic rings. The van der Waals surface area contributed by atoms with Crippen molar-refractivity contribution in [1.82, 2.24) is 0 Å². The average Bonchev–Trinajstić information content (AvgIpc) is 3.30. The van der Waals surface area contributed by atoms with Crippen LogP contribution in [0.3, 0.4) is 0 Å². The van der Waals surface area contributed by atoms with E-state index in [0.29, 0.717) is 5.56 Å². The van der Waals surface area contributed by atoms with Gasteiger partial charge in [0.25, 0.3) is 0 Å². The zero-order valence-electron chi connectivity index (χ0n) is 23.2. The van der Waals surface area contributed by atoms with Crippen molar-refractivity contribution in [3.8, 4) is 0 Å². The Kier molecular flexibility index (Phi) is 8.93. The number of carbonyl (C=O) groups is 4. The van der Waals surface area contributed by atoms with Gasteiger partial charge in [0.15, 0.2) is 6.10 Å². The fourth-order valence-electron chi connectivity index (χ4n) is 4.58. The van der Waals surface area contributed by atoms with Gasteiger partial charge in [0.1, 0.15) is 12.7 Å². The Hall–Kier alpha value is -5.28. The van der Waals surface area contributed by atoms with Crippen LogP contribution in [0.4, 0.5) is 0 Å². The molecule has 1 heterocycles. The molecule has 0 N–H and O–H groups in total. The summed E-state index contributed by atoms with van der Waals surface area (Å²) in [5, 5.41) is 0. The molecule has 0 amide bonds. The highest BCUT2D eigenvalue weighted by Crippen LogP contribution is 2.39. The van der Waals surface area contributed by atoms with E-state index in [1.807, 2.05) is 0 Å². The first-order chi connectivity index (χ1) is 20.8. The third-order valence-corrected chi connectivity index (χ3v) is 6.85. The average molecular weight is 581 g/mol. The summed E-state index contributed by atoms with van der Waals surface area (Å²) in [5.74, 6) is -2.92. The first-order valence-corrected chi connectivity index (χ1v) is 13.5. The number of esters is 4. The lowest BCUT2D eigenvalue weighted by atomic mass is 9.96. The van der Waals surface area contributed by atoms with Gasteiger partial charge in [-0.05, 0) is 55.5 Å². The monoisotopic (exact) mass is 580 g/mol. The molecule has 0 radical (unpaired) electrons. The van der Waals surface area contributed by atoms with Gasteiger partial charge in [-0.2, -0.15) is 0 Å². The minimum absolute atomic E-state index is 0.212. The maximum atomic E-state index is 13.3. The molecule has 218 valence electrons. The zero-order chi connectivity index (χ0) is 30.2. The van der Waals surface area contributed by atoms with Crippen molar-refractivity contribution in [1.29, 1.82) is 0 Å². The van der Waals surface area contributed by atoms with Gasteiger partial charge < -0.3 is 23.7 Å². The minimum Gasteiger partial charge on any atom is -0.459 e. The van der Waals surface area contributed by atoms with E-state index >= 15 is 0 Å². The van der Waals surface area contributed by atoms with Crippen molar-refractivity contribution >= 4 is 23.9 Å². The number of hydrogen-bond donors (Lipinski definition) is 0. The number of hydrogen-bond acceptors (Lipinski definition) is 9. The summed E-state index contributed by atoms with van der Waals surface area (Å²) < 4.78 is 29.1. The minimum atomic E-state index is -1.86. The van der Waals surface area contributed by atoms with Gasteiger partial charge in [0.05, 0.1) is 22.3 Å². The highest BCUT2D eigenvalue weighted by Gasteiger charge is 2.61. The molecule has 4 atom stereocenters. The third kappa shape index (κ3) is 6.79. The molecule has 2 unspecified atom stereocenters. The second-order valence-corrected chi connectivity index (χ2v) is 9.87. The van der Waals surface area contributed by atoms with Crippen molar-refractivity contribution in [2.24, 2.45) is 0 Å². The van der Waals surface area contributed by atoms with Gasteiger partial charge in [-0.3, -0.25) is 0 Å². The SMILES string of the molecule is C[C@@]1(OC(=O)c2ccccc2)C(OC(=O)c2ccccc2)OC(COC(=O)c2ccccc2)[C@@H]1OC(=O)c1ccccc1. The van der Waals surface area contributed by atoms with E-state index in [2.05, 4.69) is 0 Å². The molecule has 0 saturated carbocycles. The smallest absolute Gasteiger partial charge is 0.340 e. The molecule has 4 aromatic carbocycles. The Labute approximate surface area is 247 Å². The van der Waals surface area contributed by atoms with E-state index in [-0.39, 0.29) is 16.7 Å². The molecule has 0 aliphatic carbocycles. The van der Waals surface area contributed by atoms with Gasteiger partial charge >= 0.3 is 23.9 Å². The Bertz CT molecular complexity index is 1560. The number of ether oxygens (including phenoxy) is 5. The van der Waals surface area contributed by atoms with E-state index in [1.165, 1.54) is 6.92 Å². The molecule has 1 aliphatic heterocycles. The van der Waals surface area contributed by atoms with Crippen LogP contribution in [0.15, 0.2) is 121 Å². The van der Waals surface area contributed by atoms with Crippen LogP contribution in [-0.4, -0.2) is 54.6 Å². The second kappa shape index (κ2) is 13.1. The molecule has 0 bridgehead atoms. The summed E-state index contributed by atoms with van der Waals surface area (Å²) in [6.07, 6.45) is -4.07. The van der Waals surface area contributed by atoms with Crippen LogP contribution in [0.1, 0.15) is 48.4 Å². The lowest BCUT2D eigenvalue weighted by Crippen LogP contribution is -2.53. The highest BCUT2D eigenvalue weighted by molar-refractivity contribution is 5.91. The van der Waals surface area contributed by atoms with E-state index in [1.54, 1.807) is 121 Å². The molecule has 1 saturated heterocycles.